The van der Waals surface area contributed by atoms with Gasteiger partial charge in [0.1, 0.15) is 10.8 Å². The second kappa shape index (κ2) is 5.54. The van der Waals surface area contributed by atoms with E-state index in [9.17, 15) is 0 Å². The fraction of sp³-hybridized carbons (Fsp3) is 0.429. The molecule has 20 heavy (non-hydrogen) atoms. The van der Waals surface area contributed by atoms with Crippen LogP contribution in [0.4, 0.5) is 5.82 Å². The minimum Gasteiger partial charge on any atom is -0.389 e. The number of nitrogens with one attached hydrogen (secondary N) is 1. The molecule has 3 N–H and O–H groups in total. The van der Waals surface area contributed by atoms with Gasteiger partial charge < -0.3 is 11.1 Å². The smallest absolute Gasteiger partial charge is 0.134 e. The second-order valence-electron chi connectivity index (χ2n) is 5.51. The molecule has 0 fully saturated rings. The number of anilines is 1. The predicted molar refractivity (Wildman–Crippen MR) is 89.7 cm³/mol. The Labute approximate surface area is 129 Å². The molecule has 0 radical (unpaired) electrons. The van der Waals surface area contributed by atoms with Gasteiger partial charge in [0.25, 0.3) is 0 Å². The van der Waals surface area contributed by atoms with E-state index in [1.54, 1.807) is 16.0 Å². The number of hydrogen-bond acceptors (Lipinski definition) is 4. The number of thiocarbonyl (C=S) groups is 1. The largest absolute Gasteiger partial charge is 0.389 e. The summed E-state index contributed by atoms with van der Waals surface area (Å²) in [6.45, 7) is 7.15. The van der Waals surface area contributed by atoms with E-state index in [2.05, 4.69) is 41.8 Å². The van der Waals surface area contributed by atoms with E-state index in [-0.39, 0.29) is 5.41 Å². The summed E-state index contributed by atoms with van der Waals surface area (Å²) in [4.78, 5) is 1.73. The van der Waals surface area contributed by atoms with Crippen LogP contribution in [0, 0.1) is 6.92 Å². The van der Waals surface area contributed by atoms with E-state index >= 15 is 0 Å². The number of nitrogens with two attached hydrogens (primary N) is 1. The van der Waals surface area contributed by atoms with Crippen molar-refractivity contribution < 1.29 is 0 Å². The molecular weight excluding hydrogens is 288 g/mol. The predicted octanol–water partition coefficient (Wildman–Crippen LogP) is 2.81. The topological polar surface area (TPSA) is 55.9 Å². The van der Waals surface area contributed by atoms with Gasteiger partial charge in [0, 0.05) is 23.9 Å². The summed E-state index contributed by atoms with van der Waals surface area (Å²) in [6, 6.07) is 4.24. The minimum absolute atomic E-state index is 0.0415. The lowest BCUT2D eigenvalue weighted by atomic mass is 9.91. The molecule has 0 aliphatic rings. The third-order valence-corrected chi connectivity index (χ3v) is 4.79. The molecule has 0 aromatic carbocycles. The maximum Gasteiger partial charge on any atom is 0.134 e. The first-order valence-corrected chi connectivity index (χ1v) is 7.73. The third-order valence-electron chi connectivity index (χ3n) is 3.35. The molecule has 0 spiro atoms. The van der Waals surface area contributed by atoms with Gasteiger partial charge in [-0.3, -0.25) is 4.68 Å². The van der Waals surface area contributed by atoms with Crippen molar-refractivity contribution in [2.75, 3.05) is 11.9 Å². The van der Waals surface area contributed by atoms with Crippen LogP contribution >= 0.6 is 23.6 Å². The average molecular weight is 308 g/mol. The lowest BCUT2D eigenvalue weighted by Gasteiger charge is -2.24. The SMILES string of the molecule is Cc1nn(C)c(NCC(C)(C)c2cccs2)c1C(N)=S. The molecule has 0 bridgehead atoms. The Morgan fingerprint density at radius 3 is 2.80 bits per heavy atom. The van der Waals surface area contributed by atoms with Gasteiger partial charge in [0.05, 0.1) is 11.3 Å². The highest BCUT2D eigenvalue weighted by Gasteiger charge is 2.23. The molecule has 0 saturated carbocycles. The van der Waals surface area contributed by atoms with Gasteiger partial charge >= 0.3 is 0 Å². The zero-order valence-electron chi connectivity index (χ0n) is 12.2. The van der Waals surface area contributed by atoms with Gasteiger partial charge in [-0.25, -0.2) is 0 Å². The number of rotatable bonds is 5. The van der Waals surface area contributed by atoms with Crippen molar-refractivity contribution in [3.05, 3.63) is 33.6 Å². The van der Waals surface area contributed by atoms with E-state index < -0.39 is 0 Å². The zero-order valence-corrected chi connectivity index (χ0v) is 13.9. The highest BCUT2D eigenvalue weighted by atomic mass is 32.1. The first kappa shape index (κ1) is 15.0. The monoisotopic (exact) mass is 308 g/mol. The standard InChI is InChI=1S/C14H20N4S2/c1-9-11(12(15)19)13(18(4)17-9)16-8-14(2,3)10-6-5-7-20-10/h5-7,16H,8H2,1-4H3,(H2,15,19). The van der Waals surface area contributed by atoms with E-state index in [1.165, 1.54) is 4.88 Å². The summed E-state index contributed by atoms with van der Waals surface area (Å²) in [5.41, 5.74) is 7.54. The van der Waals surface area contributed by atoms with E-state index in [0.717, 1.165) is 23.6 Å². The number of thiophene rings is 1. The number of aromatic nitrogens is 2. The Bertz CT molecular complexity index is 611. The van der Waals surface area contributed by atoms with Crippen LogP contribution in [0.3, 0.4) is 0 Å². The summed E-state index contributed by atoms with van der Waals surface area (Å²) in [5.74, 6) is 0.889. The van der Waals surface area contributed by atoms with Crippen LogP contribution in [0.25, 0.3) is 0 Å². The molecule has 2 heterocycles. The van der Waals surface area contributed by atoms with E-state index in [1.807, 2.05) is 14.0 Å². The molecule has 0 atom stereocenters. The molecule has 0 aliphatic heterocycles. The van der Waals surface area contributed by atoms with Crippen LogP contribution in [0.1, 0.15) is 30.0 Å². The zero-order chi connectivity index (χ0) is 14.9. The summed E-state index contributed by atoms with van der Waals surface area (Å²) >= 11 is 6.90. The lowest BCUT2D eigenvalue weighted by molar-refractivity contribution is 0.565. The highest BCUT2D eigenvalue weighted by molar-refractivity contribution is 7.80. The maximum atomic E-state index is 5.80. The Hall–Kier alpha value is -1.40. The molecule has 2 aromatic rings. The van der Waals surface area contributed by atoms with E-state index in [0.29, 0.717) is 4.99 Å². The fourth-order valence-electron chi connectivity index (χ4n) is 2.21. The molecular formula is C14H20N4S2. The van der Waals surface area contributed by atoms with Gasteiger partial charge in [-0.15, -0.1) is 11.3 Å². The van der Waals surface area contributed by atoms with Crippen molar-refractivity contribution in [3.8, 4) is 0 Å². The molecule has 0 unspecified atom stereocenters. The molecule has 4 nitrogen and oxygen atoms in total. The molecule has 6 heteroatoms. The fourth-order valence-corrected chi connectivity index (χ4v) is 3.31. The van der Waals surface area contributed by atoms with Gasteiger partial charge in [-0.1, -0.05) is 32.1 Å². The van der Waals surface area contributed by atoms with Crippen molar-refractivity contribution in [2.24, 2.45) is 12.8 Å². The van der Waals surface area contributed by atoms with Crippen molar-refractivity contribution in [3.63, 3.8) is 0 Å². The Balaban J connectivity index is 2.22. The number of nitrogens with zero attached hydrogens (tertiary/aromatic N) is 2. The molecule has 0 saturated heterocycles. The molecule has 0 aliphatic carbocycles. The van der Waals surface area contributed by atoms with Crippen molar-refractivity contribution in [1.29, 1.82) is 0 Å². The van der Waals surface area contributed by atoms with Crippen molar-refractivity contribution >= 4 is 34.4 Å². The van der Waals surface area contributed by atoms with Gasteiger partial charge in [-0.2, -0.15) is 5.10 Å². The summed E-state index contributed by atoms with van der Waals surface area (Å²) in [5, 5.41) is 9.94. The summed E-state index contributed by atoms with van der Waals surface area (Å²) in [6.07, 6.45) is 0. The third kappa shape index (κ3) is 2.86. The van der Waals surface area contributed by atoms with Crippen LogP contribution in [0.15, 0.2) is 17.5 Å². The number of aryl methyl sites for hydroxylation is 2. The van der Waals surface area contributed by atoms with Crippen LogP contribution in [-0.2, 0) is 12.5 Å². The van der Waals surface area contributed by atoms with Gasteiger partial charge in [0.15, 0.2) is 0 Å². The maximum absolute atomic E-state index is 5.80. The first-order valence-electron chi connectivity index (χ1n) is 6.44. The summed E-state index contributed by atoms with van der Waals surface area (Å²) in [7, 11) is 1.90. The average Bonchev–Trinajstić information content (AvgIpc) is 2.94. The van der Waals surface area contributed by atoms with Crippen LogP contribution < -0.4 is 11.1 Å². The molecule has 2 rings (SSSR count). The van der Waals surface area contributed by atoms with Crippen LogP contribution in [-0.4, -0.2) is 21.3 Å². The first-order chi connectivity index (χ1) is 9.33. The Kier molecular flexibility index (Phi) is 4.15. The van der Waals surface area contributed by atoms with Crippen molar-refractivity contribution in [1.82, 2.24) is 9.78 Å². The van der Waals surface area contributed by atoms with Gasteiger partial charge in [0.2, 0.25) is 0 Å². The van der Waals surface area contributed by atoms with Crippen LogP contribution in [0.5, 0.6) is 0 Å². The van der Waals surface area contributed by atoms with Crippen molar-refractivity contribution in [2.45, 2.75) is 26.2 Å². The van der Waals surface area contributed by atoms with E-state index in [4.69, 9.17) is 18.0 Å². The lowest BCUT2D eigenvalue weighted by Crippen LogP contribution is -2.28. The molecule has 108 valence electrons. The second-order valence-corrected chi connectivity index (χ2v) is 6.90. The van der Waals surface area contributed by atoms with Crippen LogP contribution in [0.2, 0.25) is 0 Å². The normalized spacial score (nSPS) is 11.6. The summed E-state index contributed by atoms with van der Waals surface area (Å²) < 4.78 is 1.80. The Morgan fingerprint density at radius 2 is 2.25 bits per heavy atom. The Morgan fingerprint density at radius 1 is 1.55 bits per heavy atom. The highest BCUT2D eigenvalue weighted by Crippen LogP contribution is 2.28. The number of hydrogen-bond donors (Lipinski definition) is 2. The molecule has 2 aromatic heterocycles. The molecule has 0 amide bonds. The van der Waals surface area contributed by atoms with Gasteiger partial charge in [-0.05, 0) is 18.4 Å². The minimum atomic E-state index is 0.0415. The quantitative estimate of drug-likeness (QED) is 0.834.